The summed E-state index contributed by atoms with van der Waals surface area (Å²) < 4.78 is 47.1. The van der Waals surface area contributed by atoms with Gasteiger partial charge in [0, 0.05) is 33.1 Å². The van der Waals surface area contributed by atoms with Crippen LogP contribution in [0.25, 0.3) is 21.2 Å². The van der Waals surface area contributed by atoms with Crippen LogP contribution >= 0.6 is 11.3 Å². The van der Waals surface area contributed by atoms with Crippen molar-refractivity contribution in [2.24, 2.45) is 0 Å². The lowest BCUT2D eigenvalue weighted by molar-refractivity contribution is 0.188. The Kier molecular flexibility index (Phi) is 8.10. The van der Waals surface area contributed by atoms with E-state index in [2.05, 4.69) is 179 Å². The molecule has 5 aliphatic carbocycles. The van der Waals surface area contributed by atoms with E-state index in [9.17, 15) is 2.74 Å². The van der Waals surface area contributed by atoms with Gasteiger partial charge in [0.1, 0.15) is 0 Å². The zero-order chi connectivity index (χ0) is 53.2. The van der Waals surface area contributed by atoms with Crippen LogP contribution in [-0.4, -0.2) is 6.71 Å². The fourth-order valence-corrected chi connectivity index (χ4v) is 15.7. The Bertz CT molecular complexity index is 3650. The van der Waals surface area contributed by atoms with Gasteiger partial charge in [-0.25, -0.2) is 0 Å². The molecule has 4 heteroatoms. The minimum absolute atomic E-state index is 0.0253. The third-order valence-corrected chi connectivity index (χ3v) is 20.6. The Balaban J connectivity index is 1.20. The number of hydrogen-bond donors (Lipinski definition) is 0. The first-order chi connectivity index (χ1) is 35.1. The molecule has 0 amide bonds. The van der Waals surface area contributed by atoms with Gasteiger partial charge in [-0.1, -0.05) is 144 Å². The van der Waals surface area contributed by atoms with Crippen molar-refractivity contribution in [3.8, 4) is 11.1 Å². The minimum atomic E-state index is -0.382. The second kappa shape index (κ2) is 14.3. The predicted octanol–water partition coefficient (Wildman–Crippen LogP) is 16.7. The van der Waals surface area contributed by atoms with Crippen molar-refractivity contribution in [3.63, 3.8) is 0 Å². The predicted molar refractivity (Wildman–Crippen MR) is 304 cm³/mol. The molecular formula is C66H73BN2S. The van der Waals surface area contributed by atoms with Crippen LogP contribution in [0.5, 0.6) is 0 Å². The van der Waals surface area contributed by atoms with Gasteiger partial charge in [0.15, 0.2) is 0 Å². The number of benzene rings is 6. The summed E-state index contributed by atoms with van der Waals surface area (Å²) >= 11 is 1.92. The van der Waals surface area contributed by atoms with Crippen molar-refractivity contribution in [1.82, 2.24) is 0 Å². The largest absolute Gasteiger partial charge is 0.311 e. The second-order valence-electron chi connectivity index (χ2n) is 26.9. The Morgan fingerprint density at radius 1 is 0.486 bits per heavy atom. The highest BCUT2D eigenvalue weighted by atomic mass is 32.1. The van der Waals surface area contributed by atoms with E-state index in [4.69, 9.17) is 4.11 Å². The normalized spacial score (nSPS) is 24.8. The molecule has 2 nitrogen and oxygen atoms in total. The number of nitrogens with zero attached hydrogens (tertiary/aromatic N) is 2. The van der Waals surface area contributed by atoms with Crippen molar-refractivity contribution in [3.05, 3.63) is 148 Å². The SMILES string of the molecule is [2H]c1c([2H])c([2H])c(-c2cc3c4c(c2)N(c2ccc5c(c2)C(C)(C)CCC5(C)C)c2sc5cc6c(cc5c2B4c2cc(C(C)(C)C)ccc2N3c2ccc3c(c2)C(C)(C)CCC3(C)C)C2(C)CCC6(C)CC2)c([2H])c1[2H]. The van der Waals surface area contributed by atoms with Gasteiger partial charge in [0.2, 0.25) is 0 Å². The van der Waals surface area contributed by atoms with Crippen LogP contribution in [-0.2, 0) is 37.9 Å². The van der Waals surface area contributed by atoms with E-state index in [1.165, 1.54) is 96.1 Å². The first kappa shape index (κ1) is 39.5. The second-order valence-corrected chi connectivity index (χ2v) is 27.9. The fraction of sp³-hybridized carbons (Fsp3) is 0.424. The molecule has 3 heterocycles. The third-order valence-electron chi connectivity index (χ3n) is 19.4. The zero-order valence-corrected chi connectivity index (χ0v) is 44.9. The molecule has 14 rings (SSSR count). The summed E-state index contributed by atoms with van der Waals surface area (Å²) in [4.78, 5) is 5.02. The maximum atomic E-state index is 9.54. The Morgan fingerprint density at radius 3 is 1.56 bits per heavy atom. The van der Waals surface area contributed by atoms with Gasteiger partial charge < -0.3 is 9.80 Å². The summed E-state index contributed by atoms with van der Waals surface area (Å²) in [6.45, 7) is 31.0. The summed E-state index contributed by atoms with van der Waals surface area (Å²) in [6, 6.07) is 29.8. The van der Waals surface area contributed by atoms with Crippen molar-refractivity contribution in [2.75, 3.05) is 9.80 Å². The van der Waals surface area contributed by atoms with Crippen LogP contribution in [0, 0.1) is 0 Å². The third kappa shape index (κ3) is 6.29. The molecule has 0 atom stereocenters. The van der Waals surface area contributed by atoms with Crippen LogP contribution in [0.15, 0.2) is 109 Å². The smallest absolute Gasteiger partial charge is 0.254 e. The van der Waals surface area contributed by atoms with Crippen molar-refractivity contribution in [1.29, 1.82) is 0 Å². The molecular weight excluding hydrogens is 864 g/mol. The highest BCUT2D eigenvalue weighted by Gasteiger charge is 2.51. The van der Waals surface area contributed by atoms with Crippen molar-refractivity contribution in [2.45, 2.75) is 179 Å². The monoisotopic (exact) mass is 942 g/mol. The maximum absolute atomic E-state index is 9.54. The molecule has 6 aromatic carbocycles. The molecule has 7 aromatic rings. The van der Waals surface area contributed by atoms with Crippen molar-refractivity contribution < 1.29 is 6.85 Å². The molecule has 0 unspecified atom stereocenters. The lowest BCUT2D eigenvalue weighted by Crippen LogP contribution is -2.61. The Labute approximate surface area is 431 Å². The molecule has 2 aliphatic heterocycles. The van der Waals surface area contributed by atoms with Gasteiger partial charge >= 0.3 is 0 Å². The van der Waals surface area contributed by atoms with E-state index in [0.29, 0.717) is 5.56 Å². The average molecular weight is 942 g/mol. The fourth-order valence-electron chi connectivity index (χ4n) is 14.4. The lowest BCUT2D eigenvalue weighted by atomic mass is 9.33. The molecule has 0 radical (unpaired) electrons. The van der Waals surface area contributed by atoms with E-state index in [-0.39, 0.29) is 80.4 Å². The number of hydrogen-bond acceptors (Lipinski definition) is 3. The molecule has 1 fully saturated rings. The number of thiophene rings is 1. The van der Waals surface area contributed by atoms with Gasteiger partial charge in [-0.2, -0.15) is 0 Å². The summed E-state index contributed by atoms with van der Waals surface area (Å²) in [5, 5.41) is 2.54. The van der Waals surface area contributed by atoms with E-state index in [1.54, 1.807) is 0 Å². The van der Waals surface area contributed by atoms with Gasteiger partial charge in [-0.05, 0) is 216 Å². The molecule has 0 spiro atoms. The summed E-state index contributed by atoms with van der Waals surface area (Å²) in [7, 11) is 0. The first-order valence-electron chi connectivity index (χ1n) is 29.0. The minimum Gasteiger partial charge on any atom is -0.311 e. The Hall–Kier alpha value is -5.06. The first-order valence-corrected chi connectivity index (χ1v) is 27.3. The molecule has 70 heavy (non-hydrogen) atoms. The standard InChI is InChI=1S/C66H73BN2S/c1-60(2,3)42-19-24-53-52(35-42)67-57-45-38-50-51(66(13)31-29-65(50,12)30-32-66)39-56(45)70-59(57)69(44-21-23-47-49(37-44)64(10,11)28-26-62(47,6)7)55-34-41(40-17-15-14-16-18-40)33-54(58(55)67)68(53)43-20-22-46-48(36-43)63(8,9)27-25-61(46,4)5/h14-24,33-39H,25-32H2,1-13H3/i14D,15D,16D,17D,18D. The van der Waals surface area contributed by atoms with Crippen LogP contribution in [0.2, 0.25) is 0 Å². The lowest BCUT2D eigenvalue weighted by Gasteiger charge is -2.52. The summed E-state index contributed by atoms with van der Waals surface area (Å²) in [5.41, 5.74) is 19.9. The topological polar surface area (TPSA) is 6.48 Å². The van der Waals surface area contributed by atoms with Gasteiger partial charge in [-0.3, -0.25) is 0 Å². The highest BCUT2D eigenvalue weighted by Crippen LogP contribution is 2.59. The van der Waals surface area contributed by atoms with E-state index >= 15 is 0 Å². The number of rotatable bonds is 3. The maximum Gasteiger partial charge on any atom is 0.254 e. The van der Waals surface area contributed by atoms with E-state index < -0.39 is 0 Å². The van der Waals surface area contributed by atoms with Crippen LogP contribution in [0.4, 0.5) is 33.4 Å². The molecule has 2 bridgehead atoms. The van der Waals surface area contributed by atoms with Gasteiger partial charge in [0.05, 0.1) is 11.9 Å². The molecule has 0 saturated heterocycles. The van der Waals surface area contributed by atoms with Crippen molar-refractivity contribution >= 4 is 78.0 Å². The highest BCUT2D eigenvalue weighted by molar-refractivity contribution is 7.26. The molecule has 1 saturated carbocycles. The van der Waals surface area contributed by atoms with Crippen LogP contribution in [0.3, 0.4) is 0 Å². The summed E-state index contributed by atoms with van der Waals surface area (Å²) in [6.07, 6.45) is 9.27. The average Bonchev–Trinajstić information content (AvgIpc) is 3.92. The molecule has 0 N–H and O–H groups in total. The number of fused-ring (bicyclic) bond motifs is 10. The van der Waals surface area contributed by atoms with Crippen LogP contribution in [0.1, 0.15) is 187 Å². The quantitative estimate of drug-likeness (QED) is 0.163. The summed E-state index contributed by atoms with van der Waals surface area (Å²) in [5.74, 6) is 0. The molecule has 7 aliphatic rings. The number of anilines is 6. The molecule has 356 valence electrons. The zero-order valence-electron chi connectivity index (χ0n) is 49.0. The van der Waals surface area contributed by atoms with E-state index in [1.807, 2.05) is 11.3 Å². The van der Waals surface area contributed by atoms with Gasteiger partial charge in [0.25, 0.3) is 6.71 Å². The van der Waals surface area contributed by atoms with E-state index in [0.717, 1.165) is 54.1 Å². The molecule has 1 aromatic heterocycles. The Morgan fingerprint density at radius 2 is 1.00 bits per heavy atom. The van der Waals surface area contributed by atoms with Gasteiger partial charge in [-0.15, -0.1) is 11.3 Å². The van der Waals surface area contributed by atoms with Crippen LogP contribution < -0.4 is 26.2 Å².